The van der Waals surface area contributed by atoms with Gasteiger partial charge in [0.2, 0.25) is 0 Å². The average Bonchev–Trinajstić information content (AvgIpc) is 2.20. The molecule has 0 aromatic heterocycles. The Kier molecular flexibility index (Phi) is 5.26. The van der Waals surface area contributed by atoms with E-state index in [1.165, 1.54) is 25.7 Å². The molecule has 0 aromatic rings. The van der Waals surface area contributed by atoms with Gasteiger partial charge in [0.15, 0.2) is 0 Å². The summed E-state index contributed by atoms with van der Waals surface area (Å²) < 4.78 is 5.90. The molecule has 1 aliphatic rings. The Hall–Kier alpha value is -0.0800. The fourth-order valence-corrected chi connectivity index (χ4v) is 2.48. The fraction of sp³-hybridized carbons (Fsp3) is 1.00. The summed E-state index contributed by atoms with van der Waals surface area (Å²) in [6, 6.07) is 0.534. The highest BCUT2D eigenvalue weighted by Gasteiger charge is 2.26. The standard InChI is InChI=1S/C14H29NO/c1-11-6-8-12(9-7-11)13(15-5)10-16-14(2,3)4/h11-13,15H,6-10H2,1-5H3. The topological polar surface area (TPSA) is 21.3 Å². The van der Waals surface area contributed by atoms with Gasteiger partial charge in [-0.05, 0) is 52.5 Å². The first-order valence-corrected chi connectivity index (χ1v) is 6.73. The van der Waals surface area contributed by atoms with Crippen molar-refractivity contribution in [2.75, 3.05) is 13.7 Å². The number of likely N-dealkylation sites (N-methyl/N-ethyl adjacent to an activating group) is 1. The number of nitrogens with one attached hydrogen (secondary N) is 1. The summed E-state index contributed by atoms with van der Waals surface area (Å²) in [7, 11) is 2.06. The monoisotopic (exact) mass is 227 g/mol. The molecule has 1 saturated carbocycles. The summed E-state index contributed by atoms with van der Waals surface area (Å²) >= 11 is 0. The van der Waals surface area contributed by atoms with Gasteiger partial charge in [0.25, 0.3) is 0 Å². The number of ether oxygens (including phenoxy) is 1. The Morgan fingerprint density at radius 2 is 1.75 bits per heavy atom. The number of rotatable bonds is 4. The molecule has 2 heteroatoms. The molecule has 0 heterocycles. The molecule has 0 aliphatic heterocycles. The lowest BCUT2D eigenvalue weighted by molar-refractivity contribution is -0.0244. The lowest BCUT2D eigenvalue weighted by Gasteiger charge is -2.34. The third kappa shape index (κ3) is 4.84. The summed E-state index contributed by atoms with van der Waals surface area (Å²) in [5, 5.41) is 3.43. The lowest BCUT2D eigenvalue weighted by Crippen LogP contribution is -2.41. The van der Waals surface area contributed by atoms with E-state index in [9.17, 15) is 0 Å². The molecular weight excluding hydrogens is 198 g/mol. The molecule has 0 amide bonds. The van der Waals surface area contributed by atoms with Gasteiger partial charge in [-0.15, -0.1) is 0 Å². The molecule has 0 spiro atoms. The van der Waals surface area contributed by atoms with Gasteiger partial charge in [-0.25, -0.2) is 0 Å². The van der Waals surface area contributed by atoms with Crippen LogP contribution in [0.15, 0.2) is 0 Å². The summed E-state index contributed by atoms with van der Waals surface area (Å²) in [5.41, 5.74) is -0.0168. The van der Waals surface area contributed by atoms with Crippen LogP contribution >= 0.6 is 0 Å². The molecule has 0 bridgehead atoms. The van der Waals surface area contributed by atoms with Crippen molar-refractivity contribution in [2.24, 2.45) is 11.8 Å². The molecule has 1 atom stereocenters. The molecule has 16 heavy (non-hydrogen) atoms. The third-order valence-electron chi connectivity index (χ3n) is 3.70. The zero-order chi connectivity index (χ0) is 12.2. The van der Waals surface area contributed by atoms with E-state index >= 15 is 0 Å². The van der Waals surface area contributed by atoms with Gasteiger partial charge in [-0.1, -0.05) is 19.8 Å². The van der Waals surface area contributed by atoms with Gasteiger partial charge in [0, 0.05) is 6.04 Å². The van der Waals surface area contributed by atoms with Crippen molar-refractivity contribution in [1.82, 2.24) is 5.32 Å². The average molecular weight is 227 g/mol. The lowest BCUT2D eigenvalue weighted by atomic mass is 9.79. The van der Waals surface area contributed by atoms with Crippen LogP contribution in [0.5, 0.6) is 0 Å². The smallest absolute Gasteiger partial charge is 0.0629 e. The Balaban J connectivity index is 2.36. The second-order valence-electron chi connectivity index (χ2n) is 6.34. The highest BCUT2D eigenvalue weighted by atomic mass is 16.5. The predicted molar refractivity (Wildman–Crippen MR) is 69.7 cm³/mol. The predicted octanol–water partition coefficient (Wildman–Crippen LogP) is 3.22. The van der Waals surface area contributed by atoms with Gasteiger partial charge >= 0.3 is 0 Å². The SMILES string of the molecule is CNC(COC(C)(C)C)C1CCC(C)CC1. The molecule has 1 fully saturated rings. The molecule has 0 radical (unpaired) electrons. The Morgan fingerprint density at radius 1 is 1.19 bits per heavy atom. The van der Waals surface area contributed by atoms with Gasteiger partial charge in [0.05, 0.1) is 12.2 Å². The Morgan fingerprint density at radius 3 is 2.19 bits per heavy atom. The largest absolute Gasteiger partial charge is 0.374 e. The van der Waals surface area contributed by atoms with Crippen LogP contribution in [0.3, 0.4) is 0 Å². The van der Waals surface area contributed by atoms with Crippen molar-refractivity contribution < 1.29 is 4.74 Å². The maximum Gasteiger partial charge on any atom is 0.0629 e. The van der Waals surface area contributed by atoms with E-state index in [1.807, 2.05) is 0 Å². The number of hydrogen-bond acceptors (Lipinski definition) is 2. The maximum atomic E-state index is 5.90. The number of hydrogen-bond donors (Lipinski definition) is 1. The van der Waals surface area contributed by atoms with E-state index in [-0.39, 0.29) is 5.60 Å². The van der Waals surface area contributed by atoms with Gasteiger partial charge < -0.3 is 10.1 Å². The molecule has 96 valence electrons. The molecule has 1 aliphatic carbocycles. The van der Waals surface area contributed by atoms with Crippen molar-refractivity contribution in [2.45, 2.75) is 65.0 Å². The molecule has 1 unspecified atom stereocenters. The van der Waals surface area contributed by atoms with Gasteiger partial charge in [-0.3, -0.25) is 0 Å². The van der Waals surface area contributed by atoms with E-state index in [4.69, 9.17) is 4.74 Å². The molecule has 0 saturated heterocycles. The summed E-state index contributed by atoms with van der Waals surface area (Å²) in [5.74, 6) is 1.74. The van der Waals surface area contributed by atoms with Crippen molar-refractivity contribution in [3.63, 3.8) is 0 Å². The van der Waals surface area contributed by atoms with Crippen LogP contribution < -0.4 is 5.32 Å². The van der Waals surface area contributed by atoms with Crippen molar-refractivity contribution in [3.05, 3.63) is 0 Å². The van der Waals surface area contributed by atoms with Crippen LogP contribution in [0.4, 0.5) is 0 Å². The Bertz CT molecular complexity index is 189. The van der Waals surface area contributed by atoms with Crippen LogP contribution in [0.2, 0.25) is 0 Å². The molecule has 0 aromatic carbocycles. The molecule has 1 N–H and O–H groups in total. The highest BCUT2D eigenvalue weighted by molar-refractivity contribution is 4.80. The van der Waals surface area contributed by atoms with Gasteiger partial charge in [-0.2, -0.15) is 0 Å². The van der Waals surface area contributed by atoms with E-state index in [0.29, 0.717) is 6.04 Å². The molecule has 2 nitrogen and oxygen atoms in total. The maximum absolute atomic E-state index is 5.90. The van der Waals surface area contributed by atoms with Gasteiger partial charge in [0.1, 0.15) is 0 Å². The third-order valence-corrected chi connectivity index (χ3v) is 3.70. The van der Waals surface area contributed by atoms with Crippen LogP contribution in [0, 0.1) is 11.8 Å². The van der Waals surface area contributed by atoms with E-state index in [0.717, 1.165) is 18.4 Å². The minimum absolute atomic E-state index is 0.0168. The van der Waals surface area contributed by atoms with Crippen LogP contribution in [0.1, 0.15) is 53.4 Å². The summed E-state index contributed by atoms with van der Waals surface area (Å²) in [4.78, 5) is 0. The zero-order valence-electron chi connectivity index (χ0n) is 11.7. The molecular formula is C14H29NO. The summed E-state index contributed by atoms with van der Waals surface area (Å²) in [6.07, 6.45) is 5.50. The second kappa shape index (κ2) is 6.02. The van der Waals surface area contributed by atoms with Crippen LogP contribution in [0.25, 0.3) is 0 Å². The first kappa shape index (κ1) is 14.0. The van der Waals surface area contributed by atoms with Crippen LogP contribution in [-0.2, 0) is 4.74 Å². The quantitative estimate of drug-likeness (QED) is 0.796. The molecule has 1 rings (SSSR count). The normalized spacial score (nSPS) is 29.1. The Labute approximate surface area is 101 Å². The fourth-order valence-electron chi connectivity index (χ4n) is 2.48. The zero-order valence-corrected chi connectivity index (χ0v) is 11.7. The van der Waals surface area contributed by atoms with Crippen LogP contribution in [-0.4, -0.2) is 25.3 Å². The minimum Gasteiger partial charge on any atom is -0.374 e. The first-order chi connectivity index (χ1) is 7.42. The van der Waals surface area contributed by atoms with Crippen molar-refractivity contribution in [3.8, 4) is 0 Å². The summed E-state index contributed by atoms with van der Waals surface area (Å²) in [6.45, 7) is 9.60. The highest BCUT2D eigenvalue weighted by Crippen LogP contribution is 2.30. The van der Waals surface area contributed by atoms with E-state index < -0.39 is 0 Å². The van der Waals surface area contributed by atoms with Crippen molar-refractivity contribution >= 4 is 0 Å². The second-order valence-corrected chi connectivity index (χ2v) is 6.34. The first-order valence-electron chi connectivity index (χ1n) is 6.73. The minimum atomic E-state index is -0.0168. The van der Waals surface area contributed by atoms with E-state index in [2.05, 4.69) is 40.1 Å². The van der Waals surface area contributed by atoms with E-state index in [1.54, 1.807) is 0 Å². The van der Waals surface area contributed by atoms with Crippen molar-refractivity contribution in [1.29, 1.82) is 0 Å².